The monoisotopic (exact) mass is 385 g/mol. The van der Waals surface area contributed by atoms with E-state index in [4.69, 9.17) is 0 Å². The molecule has 1 aliphatic heterocycles. The van der Waals surface area contributed by atoms with Crippen molar-refractivity contribution in [3.05, 3.63) is 28.3 Å². The number of carboxylic acids is 1. The van der Waals surface area contributed by atoms with E-state index in [-0.39, 0.29) is 16.5 Å². The summed E-state index contributed by atoms with van der Waals surface area (Å²) in [5.41, 5.74) is -0.483. The number of hydrogen-bond acceptors (Lipinski definition) is 6. The van der Waals surface area contributed by atoms with Crippen molar-refractivity contribution in [2.75, 3.05) is 18.4 Å². The Morgan fingerprint density at radius 1 is 1.27 bits per heavy atom. The van der Waals surface area contributed by atoms with Crippen LogP contribution in [-0.4, -0.2) is 47.9 Å². The van der Waals surface area contributed by atoms with Gasteiger partial charge in [-0.05, 0) is 30.9 Å². The first-order valence-corrected chi connectivity index (χ1v) is 9.86. The number of nitrogens with one attached hydrogen (secondary N) is 1. The summed E-state index contributed by atoms with van der Waals surface area (Å²) in [5, 5.41) is 23.3. The van der Waals surface area contributed by atoms with Crippen molar-refractivity contribution in [2.45, 2.75) is 44.0 Å². The highest BCUT2D eigenvalue weighted by molar-refractivity contribution is 7.89. The number of carbonyl (C=O) groups is 1. The van der Waals surface area contributed by atoms with Gasteiger partial charge in [0, 0.05) is 19.2 Å². The lowest BCUT2D eigenvalue weighted by Gasteiger charge is -2.26. The minimum atomic E-state index is -3.81. The van der Waals surface area contributed by atoms with Gasteiger partial charge in [-0.3, -0.25) is 10.1 Å². The zero-order valence-electron chi connectivity index (χ0n) is 14.7. The maximum atomic E-state index is 12.7. The molecular weight excluding hydrogens is 362 g/mol. The van der Waals surface area contributed by atoms with Crippen LogP contribution in [0.1, 0.15) is 33.1 Å². The molecule has 0 amide bonds. The van der Waals surface area contributed by atoms with Gasteiger partial charge in [0.15, 0.2) is 0 Å². The topological polar surface area (TPSA) is 130 Å². The molecule has 1 fully saturated rings. The minimum absolute atomic E-state index is 0.0197. The van der Waals surface area contributed by atoms with Gasteiger partial charge in [0.2, 0.25) is 10.0 Å². The summed E-state index contributed by atoms with van der Waals surface area (Å²) in [6.07, 6.45) is 2.48. The smallest absolute Gasteiger partial charge is 0.326 e. The molecule has 9 nitrogen and oxygen atoms in total. The number of nitrogens with zero attached hydrogens (tertiary/aromatic N) is 2. The normalized spacial score (nSPS) is 17.0. The molecule has 1 heterocycles. The lowest BCUT2D eigenvalue weighted by atomic mass is 10.0. The van der Waals surface area contributed by atoms with Gasteiger partial charge in [-0.15, -0.1) is 0 Å². The molecule has 1 atom stereocenters. The average Bonchev–Trinajstić information content (AvgIpc) is 2.59. The van der Waals surface area contributed by atoms with Crippen LogP contribution >= 0.6 is 0 Å². The van der Waals surface area contributed by atoms with E-state index >= 15 is 0 Å². The van der Waals surface area contributed by atoms with E-state index in [1.807, 2.05) is 0 Å². The molecule has 0 bridgehead atoms. The first-order chi connectivity index (χ1) is 12.1. The second-order valence-electron chi connectivity index (χ2n) is 6.61. The van der Waals surface area contributed by atoms with E-state index in [2.05, 4.69) is 5.32 Å². The van der Waals surface area contributed by atoms with Crippen LogP contribution in [0.2, 0.25) is 0 Å². The fraction of sp³-hybridized carbons (Fsp3) is 0.562. The first-order valence-electron chi connectivity index (χ1n) is 8.42. The number of nitro groups is 1. The van der Waals surface area contributed by atoms with Crippen LogP contribution < -0.4 is 5.32 Å². The molecule has 0 aromatic heterocycles. The van der Waals surface area contributed by atoms with Crippen LogP contribution in [0, 0.1) is 16.0 Å². The molecule has 1 aromatic carbocycles. The Morgan fingerprint density at radius 2 is 1.88 bits per heavy atom. The first kappa shape index (κ1) is 20.1. The zero-order chi connectivity index (χ0) is 19.5. The minimum Gasteiger partial charge on any atom is -0.480 e. The summed E-state index contributed by atoms with van der Waals surface area (Å²) < 4.78 is 26.7. The summed E-state index contributed by atoms with van der Waals surface area (Å²) in [6, 6.07) is 2.50. The van der Waals surface area contributed by atoms with Gasteiger partial charge < -0.3 is 10.4 Å². The zero-order valence-corrected chi connectivity index (χ0v) is 15.5. The fourth-order valence-electron chi connectivity index (χ4n) is 2.88. The number of nitro benzene ring substituents is 1. The molecule has 0 spiro atoms. The van der Waals surface area contributed by atoms with E-state index in [0.29, 0.717) is 13.1 Å². The third-order valence-corrected chi connectivity index (χ3v) is 6.26. The molecule has 0 aliphatic carbocycles. The van der Waals surface area contributed by atoms with Crippen molar-refractivity contribution in [1.29, 1.82) is 0 Å². The fourth-order valence-corrected chi connectivity index (χ4v) is 4.42. The van der Waals surface area contributed by atoms with E-state index in [1.54, 1.807) is 13.8 Å². The van der Waals surface area contributed by atoms with Crippen molar-refractivity contribution < 1.29 is 23.2 Å². The molecule has 0 unspecified atom stereocenters. The predicted octanol–water partition coefficient (Wildman–Crippen LogP) is 2.29. The van der Waals surface area contributed by atoms with E-state index in [9.17, 15) is 28.4 Å². The lowest BCUT2D eigenvalue weighted by molar-refractivity contribution is -0.384. The van der Waals surface area contributed by atoms with Crippen LogP contribution in [0.25, 0.3) is 0 Å². The Morgan fingerprint density at radius 3 is 2.38 bits per heavy atom. The molecule has 0 radical (unpaired) electrons. The van der Waals surface area contributed by atoms with Crippen LogP contribution in [0.5, 0.6) is 0 Å². The maximum Gasteiger partial charge on any atom is 0.326 e. The second-order valence-corrected chi connectivity index (χ2v) is 8.54. The number of piperidine rings is 1. The molecule has 1 aliphatic rings. The summed E-state index contributed by atoms with van der Waals surface area (Å²) in [4.78, 5) is 21.9. The van der Waals surface area contributed by atoms with Crippen LogP contribution in [-0.2, 0) is 14.8 Å². The Labute approximate surface area is 152 Å². The lowest BCUT2D eigenvalue weighted by Crippen LogP contribution is -2.36. The van der Waals surface area contributed by atoms with Crippen molar-refractivity contribution in [3.63, 3.8) is 0 Å². The Bertz CT molecular complexity index is 787. The highest BCUT2D eigenvalue weighted by Gasteiger charge is 2.30. The maximum absolute atomic E-state index is 12.7. The molecule has 2 N–H and O–H groups in total. The van der Waals surface area contributed by atoms with Gasteiger partial charge in [0.25, 0.3) is 5.69 Å². The number of aliphatic carboxylic acids is 1. The summed E-state index contributed by atoms with van der Waals surface area (Å²) in [6.45, 7) is 4.13. The third kappa shape index (κ3) is 4.31. The Kier molecular flexibility index (Phi) is 6.19. The molecular formula is C16H23N3O6S. The molecule has 0 saturated carbocycles. The van der Waals surface area contributed by atoms with Gasteiger partial charge in [0.1, 0.15) is 11.7 Å². The number of sulfonamides is 1. The number of anilines is 1. The number of carboxylic acid groups (broad SMARTS) is 1. The molecule has 1 aromatic rings. The standard InChI is InChI=1S/C16H23N3O6S/c1-11(2)15(16(20)21)17-13-7-6-12(10-14(13)19(22)23)26(24,25)18-8-4-3-5-9-18/h6-7,10-11,15,17H,3-5,8-9H2,1-2H3,(H,20,21)/t15-/m1/s1. The second kappa shape index (κ2) is 8.00. The van der Waals surface area contributed by atoms with Gasteiger partial charge in [-0.25, -0.2) is 13.2 Å². The summed E-state index contributed by atoms with van der Waals surface area (Å²) in [5.74, 6) is -1.46. The summed E-state index contributed by atoms with van der Waals surface area (Å²) >= 11 is 0. The van der Waals surface area contributed by atoms with E-state index in [1.165, 1.54) is 16.4 Å². The highest BCUT2D eigenvalue weighted by atomic mass is 32.2. The van der Waals surface area contributed by atoms with Gasteiger partial charge in [-0.2, -0.15) is 4.31 Å². The molecule has 144 valence electrons. The third-order valence-electron chi connectivity index (χ3n) is 4.36. The predicted molar refractivity (Wildman–Crippen MR) is 95.6 cm³/mol. The van der Waals surface area contributed by atoms with E-state index < -0.39 is 32.6 Å². The van der Waals surface area contributed by atoms with Crippen molar-refractivity contribution in [1.82, 2.24) is 4.31 Å². The largest absolute Gasteiger partial charge is 0.480 e. The van der Waals surface area contributed by atoms with Crippen molar-refractivity contribution in [2.24, 2.45) is 5.92 Å². The van der Waals surface area contributed by atoms with Crippen LogP contribution in [0.15, 0.2) is 23.1 Å². The van der Waals surface area contributed by atoms with Gasteiger partial charge >= 0.3 is 5.97 Å². The quantitative estimate of drug-likeness (QED) is 0.544. The van der Waals surface area contributed by atoms with Gasteiger partial charge in [0.05, 0.1) is 9.82 Å². The van der Waals surface area contributed by atoms with E-state index in [0.717, 1.165) is 25.3 Å². The number of hydrogen-bond donors (Lipinski definition) is 2. The highest BCUT2D eigenvalue weighted by Crippen LogP contribution is 2.31. The number of benzene rings is 1. The number of rotatable bonds is 7. The SMILES string of the molecule is CC(C)[C@@H](Nc1ccc(S(=O)(=O)N2CCCCC2)cc1[N+](=O)[O-])C(=O)O. The average molecular weight is 385 g/mol. The molecule has 2 rings (SSSR count). The van der Waals surface area contributed by atoms with Crippen LogP contribution in [0.4, 0.5) is 11.4 Å². The Balaban J connectivity index is 2.39. The summed E-state index contributed by atoms with van der Waals surface area (Å²) in [7, 11) is -3.81. The van der Waals surface area contributed by atoms with Crippen molar-refractivity contribution >= 4 is 27.4 Å². The Hall–Kier alpha value is -2.20. The molecule has 1 saturated heterocycles. The van der Waals surface area contributed by atoms with Crippen LogP contribution in [0.3, 0.4) is 0 Å². The van der Waals surface area contributed by atoms with Gasteiger partial charge in [-0.1, -0.05) is 20.3 Å². The molecule has 26 heavy (non-hydrogen) atoms. The molecule has 10 heteroatoms. The van der Waals surface area contributed by atoms with Crippen molar-refractivity contribution in [3.8, 4) is 0 Å².